The van der Waals surface area contributed by atoms with Crippen LogP contribution in [-0.2, 0) is 6.54 Å². The molecule has 0 aromatic carbocycles. The molecule has 0 unspecified atom stereocenters. The number of carbonyl (C=O) groups excluding carboxylic acids is 1. The van der Waals surface area contributed by atoms with Crippen LogP contribution in [-0.4, -0.2) is 59.4 Å². The Labute approximate surface area is 140 Å². The Kier molecular flexibility index (Phi) is 6.19. The third kappa shape index (κ3) is 4.55. The maximum atomic E-state index is 12.7. The summed E-state index contributed by atoms with van der Waals surface area (Å²) in [5, 5.41) is 0. The van der Waals surface area contributed by atoms with E-state index in [1.807, 2.05) is 19.1 Å². The summed E-state index contributed by atoms with van der Waals surface area (Å²) in [5.41, 5.74) is 3.06. The van der Waals surface area contributed by atoms with Gasteiger partial charge < -0.3 is 9.47 Å². The number of hydrogen-bond acceptors (Lipinski definition) is 3. The highest BCUT2D eigenvalue weighted by molar-refractivity contribution is 5.99. The lowest BCUT2D eigenvalue weighted by molar-refractivity contribution is 0.0837. The molecule has 1 aromatic rings. The smallest absolute Gasteiger partial charge is 0.178 e. The van der Waals surface area contributed by atoms with Gasteiger partial charge in [-0.3, -0.25) is 9.69 Å². The lowest BCUT2D eigenvalue weighted by Crippen LogP contribution is -2.48. The number of aromatic nitrogens is 1. The van der Waals surface area contributed by atoms with Gasteiger partial charge in [0.2, 0.25) is 0 Å². The molecule has 2 rings (SSSR count). The summed E-state index contributed by atoms with van der Waals surface area (Å²) >= 11 is 0. The Hall–Kier alpha value is -1.39. The number of hydrogen-bond donors (Lipinski definition) is 0. The zero-order chi connectivity index (χ0) is 17.0. The molecule has 1 aromatic heterocycles. The molecular weight excluding hydrogens is 286 g/mol. The van der Waals surface area contributed by atoms with Crippen LogP contribution in [0.5, 0.6) is 0 Å². The third-order valence-electron chi connectivity index (χ3n) is 4.64. The first kappa shape index (κ1) is 18.0. The lowest BCUT2D eigenvalue weighted by atomic mass is 10.1. The zero-order valence-electron chi connectivity index (χ0n) is 15.1. The van der Waals surface area contributed by atoms with Crippen LogP contribution >= 0.6 is 0 Å². The van der Waals surface area contributed by atoms with Crippen molar-refractivity contribution in [2.45, 2.75) is 34.2 Å². The molecule has 0 spiro atoms. The van der Waals surface area contributed by atoms with Crippen molar-refractivity contribution in [3.8, 4) is 0 Å². The summed E-state index contributed by atoms with van der Waals surface area (Å²) in [5.74, 6) is 0.948. The van der Waals surface area contributed by atoms with Gasteiger partial charge in [-0.2, -0.15) is 0 Å². The van der Waals surface area contributed by atoms with Gasteiger partial charge in [0.05, 0.1) is 6.54 Å². The number of ketones is 1. The second-order valence-electron chi connectivity index (χ2n) is 7.08. The SMILES string of the molecule is C=CCn1c(C)cc(C(=O)CN2CCN(CC(C)C)CC2)c1C. The van der Waals surface area contributed by atoms with Crippen LogP contribution in [0.4, 0.5) is 0 Å². The van der Waals surface area contributed by atoms with Crippen molar-refractivity contribution >= 4 is 5.78 Å². The third-order valence-corrected chi connectivity index (χ3v) is 4.64. The minimum atomic E-state index is 0.241. The number of carbonyl (C=O) groups is 1. The Morgan fingerprint density at radius 3 is 2.39 bits per heavy atom. The zero-order valence-corrected chi connectivity index (χ0v) is 15.1. The van der Waals surface area contributed by atoms with Gasteiger partial charge in [-0.1, -0.05) is 19.9 Å². The van der Waals surface area contributed by atoms with Crippen LogP contribution in [0.2, 0.25) is 0 Å². The molecule has 1 aliphatic rings. The predicted molar refractivity (Wildman–Crippen MR) is 96.2 cm³/mol. The highest BCUT2D eigenvalue weighted by atomic mass is 16.1. The van der Waals surface area contributed by atoms with Crippen LogP contribution in [0.15, 0.2) is 18.7 Å². The Balaban J connectivity index is 1.93. The summed E-state index contributed by atoms with van der Waals surface area (Å²) in [4.78, 5) is 17.5. The van der Waals surface area contributed by atoms with E-state index in [0.29, 0.717) is 12.5 Å². The molecule has 0 aliphatic carbocycles. The summed E-state index contributed by atoms with van der Waals surface area (Å²) in [6.07, 6.45) is 1.88. The largest absolute Gasteiger partial charge is 0.345 e. The average molecular weight is 317 g/mol. The molecule has 1 saturated heterocycles. The molecule has 2 heterocycles. The molecule has 0 amide bonds. The first-order valence-corrected chi connectivity index (χ1v) is 8.68. The van der Waals surface area contributed by atoms with Gasteiger partial charge in [0.25, 0.3) is 0 Å². The molecule has 0 radical (unpaired) electrons. The minimum Gasteiger partial charge on any atom is -0.345 e. The van der Waals surface area contributed by atoms with E-state index in [0.717, 1.165) is 56.2 Å². The molecule has 1 aliphatic heterocycles. The van der Waals surface area contributed by atoms with Crippen LogP contribution in [0.25, 0.3) is 0 Å². The fraction of sp³-hybridized carbons (Fsp3) is 0.632. The molecule has 0 atom stereocenters. The van der Waals surface area contributed by atoms with E-state index < -0.39 is 0 Å². The molecule has 23 heavy (non-hydrogen) atoms. The monoisotopic (exact) mass is 317 g/mol. The highest BCUT2D eigenvalue weighted by Gasteiger charge is 2.22. The Morgan fingerprint density at radius 2 is 1.83 bits per heavy atom. The van der Waals surface area contributed by atoms with Crippen molar-refractivity contribution in [1.82, 2.24) is 14.4 Å². The van der Waals surface area contributed by atoms with Gasteiger partial charge in [-0.15, -0.1) is 6.58 Å². The number of nitrogens with zero attached hydrogens (tertiary/aromatic N) is 3. The maximum absolute atomic E-state index is 12.7. The van der Waals surface area contributed by atoms with Crippen LogP contribution in [0.3, 0.4) is 0 Å². The number of Topliss-reactive ketones (excluding diaryl/α,β-unsaturated/α-hetero) is 1. The summed E-state index contributed by atoms with van der Waals surface area (Å²) in [6.45, 7) is 19.0. The van der Waals surface area contributed by atoms with E-state index in [9.17, 15) is 4.79 Å². The number of aryl methyl sites for hydroxylation is 1. The molecule has 128 valence electrons. The van der Waals surface area contributed by atoms with Gasteiger partial charge in [-0.05, 0) is 25.8 Å². The van der Waals surface area contributed by atoms with Crippen molar-refractivity contribution in [3.05, 3.63) is 35.7 Å². The first-order chi connectivity index (χ1) is 10.9. The van der Waals surface area contributed by atoms with Gasteiger partial charge >= 0.3 is 0 Å². The average Bonchev–Trinajstić information content (AvgIpc) is 2.77. The van der Waals surface area contributed by atoms with E-state index in [1.54, 1.807) is 0 Å². The van der Waals surface area contributed by atoms with Gasteiger partial charge in [0.15, 0.2) is 5.78 Å². The molecule has 0 saturated carbocycles. The van der Waals surface area contributed by atoms with Gasteiger partial charge in [0, 0.05) is 56.2 Å². The molecule has 4 nitrogen and oxygen atoms in total. The molecular formula is C19H31N3O. The Bertz CT molecular complexity index is 551. The topological polar surface area (TPSA) is 28.5 Å². The normalized spacial score (nSPS) is 16.9. The van der Waals surface area contributed by atoms with Crippen molar-refractivity contribution < 1.29 is 4.79 Å². The standard InChI is InChI=1S/C19H31N3O/c1-6-7-22-16(4)12-18(17(22)5)19(23)14-21-10-8-20(9-11-21)13-15(2)3/h6,12,15H,1,7-11,13-14H2,2-5H3. The summed E-state index contributed by atoms with van der Waals surface area (Å²) in [7, 11) is 0. The van der Waals surface area contributed by atoms with E-state index in [1.165, 1.54) is 0 Å². The van der Waals surface area contributed by atoms with E-state index in [-0.39, 0.29) is 5.78 Å². The maximum Gasteiger partial charge on any atom is 0.178 e. The second kappa shape index (κ2) is 7.93. The number of allylic oxidation sites excluding steroid dienone is 1. The predicted octanol–water partition coefficient (Wildman–Crippen LogP) is 2.75. The summed E-state index contributed by atoms with van der Waals surface area (Å²) < 4.78 is 2.15. The summed E-state index contributed by atoms with van der Waals surface area (Å²) in [6, 6.07) is 2.02. The van der Waals surface area contributed by atoms with E-state index in [4.69, 9.17) is 0 Å². The highest BCUT2D eigenvalue weighted by Crippen LogP contribution is 2.17. The lowest BCUT2D eigenvalue weighted by Gasteiger charge is -2.35. The van der Waals surface area contributed by atoms with Gasteiger partial charge in [-0.25, -0.2) is 0 Å². The molecule has 0 N–H and O–H groups in total. The van der Waals surface area contributed by atoms with Crippen LogP contribution in [0.1, 0.15) is 35.6 Å². The van der Waals surface area contributed by atoms with Crippen molar-refractivity contribution in [2.75, 3.05) is 39.3 Å². The fourth-order valence-electron chi connectivity index (χ4n) is 3.43. The van der Waals surface area contributed by atoms with Crippen molar-refractivity contribution in [1.29, 1.82) is 0 Å². The molecule has 4 heteroatoms. The molecule has 1 fully saturated rings. The van der Waals surface area contributed by atoms with Crippen LogP contribution < -0.4 is 0 Å². The first-order valence-electron chi connectivity index (χ1n) is 8.68. The minimum absolute atomic E-state index is 0.241. The van der Waals surface area contributed by atoms with E-state index >= 15 is 0 Å². The molecule has 0 bridgehead atoms. The fourth-order valence-corrected chi connectivity index (χ4v) is 3.43. The van der Waals surface area contributed by atoms with Crippen molar-refractivity contribution in [3.63, 3.8) is 0 Å². The van der Waals surface area contributed by atoms with E-state index in [2.05, 4.69) is 41.7 Å². The Morgan fingerprint density at radius 1 is 1.22 bits per heavy atom. The van der Waals surface area contributed by atoms with Crippen molar-refractivity contribution in [2.24, 2.45) is 5.92 Å². The second-order valence-corrected chi connectivity index (χ2v) is 7.08. The van der Waals surface area contributed by atoms with Crippen LogP contribution in [0, 0.1) is 19.8 Å². The van der Waals surface area contributed by atoms with Gasteiger partial charge in [0.1, 0.15) is 0 Å². The number of rotatable bonds is 7. The quantitative estimate of drug-likeness (QED) is 0.572. The number of piperazine rings is 1.